The summed E-state index contributed by atoms with van der Waals surface area (Å²) in [7, 11) is -5.14. The molecule has 3 rings (SSSR count). The van der Waals surface area contributed by atoms with Crippen LogP contribution < -0.4 is 15.4 Å². The number of esters is 4. The third kappa shape index (κ3) is 25.1. The van der Waals surface area contributed by atoms with E-state index in [9.17, 15) is 33.6 Å². The summed E-state index contributed by atoms with van der Waals surface area (Å²) in [6.07, 6.45) is -3.26. The summed E-state index contributed by atoms with van der Waals surface area (Å²) in [6.45, 7) is 23.3. The maximum absolute atomic E-state index is 15.2. The number of aliphatic imine (C=N–C) groups is 1. The largest absolute Gasteiger partial charge is 0.460 e. The molecule has 3 amide bonds. The molecule has 3 aromatic rings. The smallest absolute Gasteiger partial charge is 0.425 e. The van der Waals surface area contributed by atoms with Gasteiger partial charge in [0.05, 0.1) is 24.2 Å². The molecule has 3 aromatic carbocycles. The van der Waals surface area contributed by atoms with Gasteiger partial charge >= 0.3 is 52.4 Å². The molecular weight excluding hydrogens is 1020 g/mol. The van der Waals surface area contributed by atoms with Crippen LogP contribution in [0.5, 0.6) is 5.75 Å². The molecule has 21 nitrogen and oxygen atoms in total. The Balaban J connectivity index is 2.01. The number of amides is 3. The van der Waals surface area contributed by atoms with Gasteiger partial charge in [0, 0.05) is 13.0 Å². The molecule has 424 valence electrons. The number of rotatable bonds is 19. The quantitative estimate of drug-likeness (QED) is 0.0282. The van der Waals surface area contributed by atoms with Crippen molar-refractivity contribution in [3.05, 3.63) is 95.6 Å². The maximum Gasteiger partial charge on any atom is 0.425 e. The number of unbranched alkanes of at least 4 members (excludes halogenated alkanes) is 2. The molecule has 0 aliphatic rings. The number of guanidine groups is 1. The lowest BCUT2D eigenvalue weighted by atomic mass is 10.1. The number of hydrogen-bond acceptors (Lipinski definition) is 17. The molecule has 0 spiro atoms. The van der Waals surface area contributed by atoms with E-state index in [1.165, 1.54) is 48.5 Å². The Morgan fingerprint density at radius 1 is 0.571 bits per heavy atom. The number of alkyl carbamates (subject to hydrolysis) is 2. The van der Waals surface area contributed by atoms with Crippen LogP contribution in [0.15, 0.2) is 83.9 Å². The summed E-state index contributed by atoms with van der Waals surface area (Å²) in [4.78, 5) is 97.2. The van der Waals surface area contributed by atoms with Crippen LogP contribution in [-0.2, 0) is 66.2 Å². The number of carbonyl (C=O) groups is 7. The Bertz CT molecular complexity index is 2610. The van der Waals surface area contributed by atoms with E-state index in [2.05, 4.69) is 15.6 Å². The van der Waals surface area contributed by atoms with Gasteiger partial charge in [0.1, 0.15) is 46.4 Å². The van der Waals surface area contributed by atoms with Crippen molar-refractivity contribution in [2.75, 3.05) is 6.54 Å². The lowest BCUT2D eigenvalue weighted by Crippen LogP contribution is -2.55. The van der Waals surface area contributed by atoms with Crippen LogP contribution in [0.3, 0.4) is 0 Å². The highest BCUT2D eigenvalue weighted by Gasteiger charge is 2.44. The van der Waals surface area contributed by atoms with Crippen molar-refractivity contribution >= 4 is 64.0 Å². The molecule has 0 aromatic heterocycles. The third-order valence-corrected chi connectivity index (χ3v) is 11.4. The van der Waals surface area contributed by atoms with Crippen LogP contribution >= 0.6 is 0 Å². The normalized spacial score (nSPS) is 12.5. The minimum Gasteiger partial charge on any atom is -0.460 e. The first-order chi connectivity index (χ1) is 35.4. The van der Waals surface area contributed by atoms with Gasteiger partial charge in [-0.05, 0) is 164 Å². The van der Waals surface area contributed by atoms with Gasteiger partial charge in [-0.25, -0.2) is 24.2 Å². The highest BCUT2D eigenvalue weighted by molar-refractivity contribution is 7.87. The van der Waals surface area contributed by atoms with E-state index in [1.54, 1.807) is 134 Å². The number of hydrogen-bond donors (Lipinski definition) is 2. The van der Waals surface area contributed by atoms with E-state index in [-0.39, 0.29) is 60.8 Å². The van der Waals surface area contributed by atoms with Crippen molar-refractivity contribution in [1.29, 1.82) is 0 Å². The molecule has 22 heteroatoms. The molecule has 0 bridgehead atoms. The molecular formula is C55H77N5O16S. The second-order valence-corrected chi connectivity index (χ2v) is 24.5. The van der Waals surface area contributed by atoms with Gasteiger partial charge in [-0.2, -0.15) is 17.0 Å². The number of carbonyl (C=O) groups excluding carboxylic acids is 7. The van der Waals surface area contributed by atoms with Crippen LogP contribution in [0.2, 0.25) is 0 Å². The van der Waals surface area contributed by atoms with E-state index in [0.29, 0.717) is 9.87 Å². The summed E-state index contributed by atoms with van der Waals surface area (Å²) in [5, 5.41) is 4.76. The van der Waals surface area contributed by atoms with Crippen LogP contribution in [0.1, 0.15) is 157 Å². The number of benzene rings is 3. The predicted molar refractivity (Wildman–Crippen MR) is 286 cm³/mol. The average molecular weight is 1100 g/mol. The number of ether oxygens (including phenoxy) is 7. The Labute approximate surface area is 452 Å². The van der Waals surface area contributed by atoms with Gasteiger partial charge in [-0.3, -0.25) is 25.0 Å². The third-order valence-electron chi connectivity index (χ3n) is 9.51. The lowest BCUT2D eigenvalue weighted by Gasteiger charge is -2.35. The second kappa shape index (κ2) is 27.3. The monoisotopic (exact) mass is 1100 g/mol. The highest BCUT2D eigenvalue weighted by Crippen LogP contribution is 2.26. The van der Waals surface area contributed by atoms with Gasteiger partial charge in [0.2, 0.25) is 5.96 Å². The first kappa shape index (κ1) is 64.2. The summed E-state index contributed by atoms with van der Waals surface area (Å²) in [5.41, 5.74) is -3.58. The predicted octanol–water partition coefficient (Wildman–Crippen LogP) is 9.97. The van der Waals surface area contributed by atoms with E-state index in [0.717, 1.165) is 4.31 Å². The van der Waals surface area contributed by atoms with Gasteiger partial charge in [0.15, 0.2) is 0 Å². The molecule has 0 radical (unpaired) electrons. The molecule has 2 N–H and O–H groups in total. The van der Waals surface area contributed by atoms with E-state index < -0.39 is 106 Å². The SMILES string of the molecule is CC(C)(C)OC(=O)CCCCCN([C@@H](CC(=O)OC(C)(C)C)C(=O)OC(C)(C)C)S(=O)(=O)N(Cc1ccc(OC(=O)c2ccc(N=C(NC(=O)OC(C)(C)C)NC(=O)OC(C)(C)C)cc2)cc1)C(=O)OCc1ccccc1. The lowest BCUT2D eigenvalue weighted by molar-refractivity contribution is -0.167. The summed E-state index contributed by atoms with van der Waals surface area (Å²) in [5.74, 6) is -3.54. The van der Waals surface area contributed by atoms with Crippen molar-refractivity contribution in [3.63, 3.8) is 0 Å². The molecule has 0 saturated heterocycles. The zero-order valence-corrected chi connectivity index (χ0v) is 47.8. The second-order valence-electron chi connectivity index (χ2n) is 22.7. The van der Waals surface area contributed by atoms with Crippen LogP contribution in [0, 0.1) is 0 Å². The van der Waals surface area contributed by atoms with E-state index in [4.69, 9.17) is 33.2 Å². The average Bonchev–Trinajstić information content (AvgIpc) is 3.25. The minimum absolute atomic E-state index is 0.0239. The minimum atomic E-state index is -5.14. The molecule has 0 fully saturated rings. The first-order valence-electron chi connectivity index (χ1n) is 25.0. The zero-order valence-electron chi connectivity index (χ0n) is 47.0. The Hall–Kier alpha value is -7.07. The highest BCUT2D eigenvalue weighted by atomic mass is 32.2. The first-order valence-corrected chi connectivity index (χ1v) is 26.4. The fraction of sp³-hybridized carbons (Fsp3) is 0.527. The Morgan fingerprint density at radius 2 is 1.08 bits per heavy atom. The van der Waals surface area contributed by atoms with Gasteiger partial charge in [0.25, 0.3) is 0 Å². The van der Waals surface area contributed by atoms with Crippen LogP contribution in [0.25, 0.3) is 0 Å². The fourth-order valence-corrected chi connectivity index (χ4v) is 8.24. The van der Waals surface area contributed by atoms with Gasteiger partial charge < -0.3 is 33.2 Å². The molecule has 0 unspecified atom stereocenters. The van der Waals surface area contributed by atoms with Crippen LogP contribution in [0.4, 0.5) is 20.1 Å². The fourth-order valence-electron chi connectivity index (χ4n) is 6.59. The van der Waals surface area contributed by atoms with Crippen molar-refractivity contribution < 1.29 is 75.1 Å². The molecule has 77 heavy (non-hydrogen) atoms. The summed E-state index contributed by atoms with van der Waals surface area (Å²) < 4.78 is 70.1. The summed E-state index contributed by atoms with van der Waals surface area (Å²) >= 11 is 0. The van der Waals surface area contributed by atoms with Gasteiger partial charge in [-0.1, -0.05) is 48.9 Å². The van der Waals surface area contributed by atoms with Crippen molar-refractivity contribution in [2.45, 2.75) is 183 Å². The molecule has 0 aliphatic heterocycles. The Morgan fingerprint density at radius 3 is 1.58 bits per heavy atom. The van der Waals surface area contributed by atoms with Crippen molar-refractivity contribution in [2.24, 2.45) is 4.99 Å². The standard InChI is InChI=1S/C55H77N5O16S/c1-51(2,3)72-43(61)24-20-17-21-33-59(42(46(64)74-53(7,8)9)34-44(62)73-52(4,5)6)77(68,69)60(50(67)70-36-38-22-18-16-19-23-38)35-37-25-31-41(32-26-37)71-45(63)39-27-29-40(30-28-39)56-47(57-48(65)75-54(10,11)12)58-49(66)76-55(13,14)15/h16,18-19,22-23,25-32,42H,17,20-21,24,33-36H2,1-15H3,(H2,56,57,58,65,66)/t42-/m0/s1. The van der Waals surface area contributed by atoms with Crippen molar-refractivity contribution in [3.8, 4) is 5.75 Å². The van der Waals surface area contributed by atoms with E-state index >= 15 is 8.42 Å². The number of nitrogens with zero attached hydrogens (tertiary/aromatic N) is 3. The molecule has 0 saturated carbocycles. The van der Waals surface area contributed by atoms with Gasteiger partial charge in [-0.15, -0.1) is 0 Å². The van der Waals surface area contributed by atoms with Crippen LogP contribution in [-0.4, -0.2) is 106 Å². The van der Waals surface area contributed by atoms with Crippen molar-refractivity contribution in [1.82, 2.24) is 19.2 Å². The summed E-state index contributed by atoms with van der Waals surface area (Å²) in [6, 6.07) is 17.9. The molecule has 0 heterocycles. The maximum atomic E-state index is 15.2. The molecule has 1 atom stereocenters. The molecule has 0 aliphatic carbocycles. The Kier molecular flexibility index (Phi) is 22.8. The number of nitrogens with one attached hydrogen (secondary N) is 2. The zero-order chi connectivity index (χ0) is 58.2. The topological polar surface area (TPSA) is 261 Å². The van der Waals surface area contributed by atoms with E-state index in [1.807, 2.05) is 0 Å².